The van der Waals surface area contributed by atoms with Crippen LogP contribution in [0.2, 0.25) is 0 Å². The third-order valence-corrected chi connectivity index (χ3v) is 4.86. The standard InChI is InChI=1S/C16H18OP/c1-16(2,3)18(17)15-12-8-7-11-14(15)13-9-5-4-6-10-13/h4-12H,1-3H3/q+1. The molecule has 2 heteroatoms. The van der Waals surface area contributed by atoms with Gasteiger partial charge in [-0.1, -0.05) is 47.0 Å². The number of hydrogen-bond acceptors (Lipinski definition) is 1. The molecule has 0 saturated carbocycles. The average Bonchev–Trinajstić information content (AvgIpc) is 2.38. The number of benzene rings is 2. The van der Waals surface area contributed by atoms with Gasteiger partial charge in [-0.25, -0.2) is 0 Å². The van der Waals surface area contributed by atoms with Gasteiger partial charge in [0.1, 0.15) is 0 Å². The normalized spacial score (nSPS) is 12.3. The van der Waals surface area contributed by atoms with Gasteiger partial charge in [-0.05, 0) is 38.5 Å². The molecule has 0 spiro atoms. The zero-order chi connectivity index (χ0) is 13.2. The predicted molar refractivity (Wildman–Crippen MR) is 78.9 cm³/mol. The third kappa shape index (κ3) is 2.68. The first-order chi connectivity index (χ1) is 8.50. The first kappa shape index (κ1) is 13.0. The summed E-state index contributed by atoms with van der Waals surface area (Å²) in [4.78, 5) is 0. The molecular formula is C16H18OP+. The molecule has 0 aliphatic rings. The Balaban J connectivity index is 2.54. The summed E-state index contributed by atoms with van der Waals surface area (Å²) in [6.07, 6.45) is 0. The number of hydrogen-bond donors (Lipinski definition) is 0. The van der Waals surface area contributed by atoms with Gasteiger partial charge in [0.25, 0.3) is 0 Å². The van der Waals surface area contributed by atoms with Crippen LogP contribution in [0.4, 0.5) is 0 Å². The summed E-state index contributed by atoms with van der Waals surface area (Å²) in [6, 6.07) is 18.1. The Bertz CT molecular complexity index is 553. The fraction of sp³-hybridized carbons (Fsp3) is 0.250. The molecule has 0 bridgehead atoms. The molecule has 0 aliphatic heterocycles. The maximum Gasteiger partial charge on any atom is 0.382 e. The molecule has 1 atom stereocenters. The highest BCUT2D eigenvalue weighted by Gasteiger charge is 2.38. The molecule has 2 aromatic carbocycles. The quantitative estimate of drug-likeness (QED) is 0.718. The van der Waals surface area contributed by atoms with E-state index < -0.39 is 7.80 Å². The molecule has 18 heavy (non-hydrogen) atoms. The van der Waals surface area contributed by atoms with Crippen molar-refractivity contribution >= 4 is 13.1 Å². The van der Waals surface area contributed by atoms with Crippen LogP contribution in [0.5, 0.6) is 0 Å². The maximum absolute atomic E-state index is 12.6. The van der Waals surface area contributed by atoms with Crippen LogP contribution in [-0.2, 0) is 4.57 Å². The topological polar surface area (TPSA) is 17.1 Å². The minimum atomic E-state index is -1.41. The van der Waals surface area contributed by atoms with Gasteiger partial charge >= 0.3 is 7.80 Å². The van der Waals surface area contributed by atoms with E-state index >= 15 is 0 Å². The van der Waals surface area contributed by atoms with Crippen LogP contribution in [0, 0.1) is 0 Å². The van der Waals surface area contributed by atoms with Gasteiger partial charge in [0.05, 0.1) is 0 Å². The third-order valence-electron chi connectivity index (χ3n) is 2.82. The van der Waals surface area contributed by atoms with Crippen molar-refractivity contribution in [1.82, 2.24) is 0 Å². The molecule has 0 aliphatic carbocycles. The van der Waals surface area contributed by atoms with Crippen molar-refractivity contribution in [3.8, 4) is 11.1 Å². The van der Waals surface area contributed by atoms with Crippen LogP contribution < -0.4 is 5.30 Å². The summed E-state index contributed by atoms with van der Waals surface area (Å²) in [5.41, 5.74) is 2.20. The lowest BCUT2D eigenvalue weighted by Gasteiger charge is -2.08. The average molecular weight is 257 g/mol. The second kappa shape index (κ2) is 5.04. The van der Waals surface area contributed by atoms with Crippen LogP contribution in [0.15, 0.2) is 54.6 Å². The van der Waals surface area contributed by atoms with E-state index in [1.807, 2.05) is 63.2 Å². The SMILES string of the molecule is CC(C)(C)[P+](=O)c1ccccc1-c1ccccc1. The molecule has 0 amide bonds. The van der Waals surface area contributed by atoms with E-state index in [1.54, 1.807) is 0 Å². The maximum atomic E-state index is 12.6. The number of rotatable bonds is 2. The summed E-state index contributed by atoms with van der Waals surface area (Å²) in [7, 11) is -1.41. The largest absolute Gasteiger partial charge is 0.382 e. The highest BCUT2D eigenvalue weighted by molar-refractivity contribution is 7.55. The Morgan fingerprint density at radius 3 is 2.00 bits per heavy atom. The Labute approximate surface area is 110 Å². The Kier molecular flexibility index (Phi) is 3.63. The minimum Gasteiger partial charge on any atom is -0.0674 e. The van der Waals surface area contributed by atoms with E-state index in [1.165, 1.54) is 0 Å². The molecule has 2 rings (SSSR count). The van der Waals surface area contributed by atoms with Crippen LogP contribution in [0.1, 0.15) is 20.8 Å². The van der Waals surface area contributed by atoms with Gasteiger partial charge in [0, 0.05) is 5.56 Å². The van der Waals surface area contributed by atoms with E-state index in [0.717, 1.165) is 16.4 Å². The van der Waals surface area contributed by atoms with Crippen molar-refractivity contribution in [2.45, 2.75) is 25.9 Å². The van der Waals surface area contributed by atoms with E-state index in [-0.39, 0.29) is 5.16 Å². The molecule has 0 saturated heterocycles. The van der Waals surface area contributed by atoms with Gasteiger partial charge in [0.15, 0.2) is 10.5 Å². The van der Waals surface area contributed by atoms with E-state index in [9.17, 15) is 4.57 Å². The van der Waals surface area contributed by atoms with E-state index in [2.05, 4.69) is 12.1 Å². The minimum absolute atomic E-state index is 0.208. The molecule has 92 valence electrons. The zero-order valence-corrected chi connectivity index (χ0v) is 11.9. The second-order valence-corrected chi connectivity index (χ2v) is 7.76. The first-order valence-electron chi connectivity index (χ1n) is 6.12. The molecule has 1 unspecified atom stereocenters. The summed E-state index contributed by atoms with van der Waals surface area (Å²) in [6.45, 7) is 6.06. The fourth-order valence-electron chi connectivity index (χ4n) is 1.87. The monoisotopic (exact) mass is 257 g/mol. The molecule has 0 N–H and O–H groups in total. The van der Waals surface area contributed by atoms with Gasteiger partial charge in [0.2, 0.25) is 0 Å². The molecule has 0 heterocycles. The summed E-state index contributed by atoms with van der Waals surface area (Å²) < 4.78 is 12.6. The highest BCUT2D eigenvalue weighted by Crippen LogP contribution is 2.39. The smallest absolute Gasteiger partial charge is 0.0674 e. The zero-order valence-electron chi connectivity index (χ0n) is 11.1. The second-order valence-electron chi connectivity index (χ2n) is 5.35. The van der Waals surface area contributed by atoms with Crippen molar-refractivity contribution in [3.05, 3.63) is 54.6 Å². The lowest BCUT2D eigenvalue weighted by molar-refractivity contribution is 0.572. The summed E-state index contributed by atoms with van der Waals surface area (Å²) in [5.74, 6) is 0. The van der Waals surface area contributed by atoms with Gasteiger partial charge in [-0.2, -0.15) is 0 Å². The molecule has 0 fully saturated rings. The van der Waals surface area contributed by atoms with Gasteiger partial charge in [-0.15, -0.1) is 0 Å². The van der Waals surface area contributed by atoms with Crippen LogP contribution >= 0.6 is 7.80 Å². The molecular weight excluding hydrogens is 239 g/mol. The summed E-state index contributed by atoms with van der Waals surface area (Å²) >= 11 is 0. The van der Waals surface area contributed by atoms with Crippen molar-refractivity contribution in [2.24, 2.45) is 0 Å². The van der Waals surface area contributed by atoms with Crippen molar-refractivity contribution < 1.29 is 4.57 Å². The fourth-order valence-corrected chi connectivity index (χ4v) is 3.24. The summed E-state index contributed by atoms with van der Waals surface area (Å²) in [5, 5.41) is 0.742. The molecule has 0 aromatic heterocycles. The highest BCUT2D eigenvalue weighted by atomic mass is 31.1. The van der Waals surface area contributed by atoms with E-state index in [4.69, 9.17) is 0 Å². The Morgan fingerprint density at radius 1 is 0.833 bits per heavy atom. The predicted octanol–water partition coefficient (Wildman–Crippen LogP) is 4.60. The molecule has 0 radical (unpaired) electrons. The molecule has 2 aromatic rings. The first-order valence-corrected chi connectivity index (χ1v) is 7.38. The van der Waals surface area contributed by atoms with Crippen molar-refractivity contribution in [2.75, 3.05) is 0 Å². The lowest BCUT2D eigenvalue weighted by atomic mass is 10.1. The molecule has 1 nitrogen and oxygen atoms in total. The van der Waals surface area contributed by atoms with E-state index in [0.29, 0.717) is 0 Å². The van der Waals surface area contributed by atoms with Crippen LogP contribution in [-0.4, -0.2) is 5.16 Å². The van der Waals surface area contributed by atoms with Crippen LogP contribution in [0.3, 0.4) is 0 Å². The van der Waals surface area contributed by atoms with Gasteiger partial charge < -0.3 is 0 Å². The van der Waals surface area contributed by atoms with Crippen molar-refractivity contribution in [1.29, 1.82) is 0 Å². The van der Waals surface area contributed by atoms with Crippen molar-refractivity contribution in [3.63, 3.8) is 0 Å². The Hall–Kier alpha value is -1.46. The Morgan fingerprint density at radius 2 is 1.39 bits per heavy atom. The van der Waals surface area contributed by atoms with Gasteiger partial charge in [-0.3, -0.25) is 0 Å². The van der Waals surface area contributed by atoms with Crippen LogP contribution in [0.25, 0.3) is 11.1 Å². The lowest BCUT2D eigenvalue weighted by Crippen LogP contribution is -2.16.